The van der Waals surface area contributed by atoms with Crippen LogP contribution in [0.5, 0.6) is 0 Å². The van der Waals surface area contributed by atoms with E-state index in [0.717, 1.165) is 4.90 Å². The van der Waals surface area contributed by atoms with E-state index in [0.29, 0.717) is 7.28 Å². The predicted octanol–water partition coefficient (Wildman–Crippen LogP) is -0.172. The molecule has 0 spiro atoms. The largest absolute Gasteiger partial charge is 0.489 e. The highest BCUT2D eigenvalue weighted by molar-refractivity contribution is 6.95. The Hall–Kier alpha value is -2.99. The van der Waals surface area contributed by atoms with Crippen LogP contribution in [0.2, 0.25) is 0 Å². The molecule has 0 fully saturated rings. The fourth-order valence-corrected chi connectivity index (χ4v) is 1.33. The Labute approximate surface area is 142 Å². The highest BCUT2D eigenvalue weighted by Crippen LogP contribution is 1.95. The summed E-state index contributed by atoms with van der Waals surface area (Å²) in [4.78, 5) is 65.5. The van der Waals surface area contributed by atoms with Crippen LogP contribution in [0.3, 0.4) is 0 Å². The number of rotatable bonds is 12. The van der Waals surface area contributed by atoms with Crippen molar-refractivity contribution >= 4 is 57.0 Å². The van der Waals surface area contributed by atoms with Crippen LogP contribution in [-0.2, 0) is 9.47 Å². The lowest BCUT2D eigenvalue weighted by Crippen LogP contribution is -2.41. The zero-order chi connectivity index (χ0) is 19.4. The molecule has 0 heterocycles. The number of carbonyl (C=O) groups excluding carboxylic acids is 3. The molecular weight excluding hydrogens is 343 g/mol. The van der Waals surface area contributed by atoms with Crippen molar-refractivity contribution in [3.63, 3.8) is 0 Å². The number of hydrogen-bond acceptors (Lipinski definition) is 8. The quantitative estimate of drug-likeness (QED) is 0.395. The third-order valence-corrected chi connectivity index (χ3v) is 2.25. The average Bonchev–Trinajstić information content (AvgIpc) is 2.43. The smallest absolute Gasteiger partial charge is 0.405 e. The molecule has 0 aliphatic rings. The molecule has 1 amide bonds. The molecule has 0 aromatic heterocycles. The molecule has 0 aromatic rings. The first-order chi connectivity index (χ1) is 11.6. The molecule has 0 aliphatic carbocycles. The highest BCUT2D eigenvalue weighted by atomic mass is 16.5. The molecule has 25 heavy (non-hydrogen) atoms. The Morgan fingerprint density at radius 2 is 1.04 bits per heavy atom. The van der Waals surface area contributed by atoms with Gasteiger partial charge in [-0.1, -0.05) is 0 Å². The number of hydrogen-bond donors (Lipinski definition) is 3. The number of carboxylic acid groups (broad SMARTS) is 3. The van der Waals surface area contributed by atoms with Gasteiger partial charge in [0, 0.05) is 0 Å². The van der Waals surface area contributed by atoms with E-state index in [1.54, 1.807) is 0 Å². The zero-order valence-corrected chi connectivity index (χ0v) is 12.6. The number of amides is 1. The summed E-state index contributed by atoms with van der Waals surface area (Å²) in [6.07, 6.45) is 0. The maximum Gasteiger partial charge on any atom is 0.405 e. The van der Waals surface area contributed by atoms with E-state index < -0.39 is 48.4 Å². The third-order valence-electron chi connectivity index (χ3n) is 2.25. The van der Waals surface area contributed by atoms with Crippen LogP contribution in [0.25, 0.3) is 0 Å². The summed E-state index contributed by atoms with van der Waals surface area (Å²) in [6.45, 7) is -1.53. The average molecular weight is 354 g/mol. The summed E-state index contributed by atoms with van der Waals surface area (Å²) < 4.78 is 8.99. The molecule has 3 radical (unpaired) electrons. The second-order valence-electron chi connectivity index (χ2n) is 4.11. The lowest BCUT2D eigenvalue weighted by atomic mass is 9.77. The second kappa shape index (κ2) is 11.5. The lowest BCUT2D eigenvalue weighted by Gasteiger charge is -2.21. The molecule has 131 valence electrons. The van der Waals surface area contributed by atoms with Crippen molar-refractivity contribution in [1.29, 1.82) is 0 Å². The first kappa shape index (κ1) is 22.0. The van der Waals surface area contributed by atoms with Crippen LogP contribution in [0, 0.1) is 0 Å². The van der Waals surface area contributed by atoms with Crippen LogP contribution in [0.15, 0.2) is 0 Å². The van der Waals surface area contributed by atoms with Gasteiger partial charge in [0.15, 0.2) is 5.81 Å². The SMILES string of the molecule is O=C(O)[B]C(=O)OCCN(CCOC(=O)[B]C(=O)O)C(=O)[B]C(=O)O. The summed E-state index contributed by atoms with van der Waals surface area (Å²) in [5.41, 5.74) is 0. The Bertz CT molecular complexity index is 518. The summed E-state index contributed by atoms with van der Waals surface area (Å²) in [5.74, 6) is -7.95. The van der Waals surface area contributed by atoms with Gasteiger partial charge < -0.3 is 29.7 Å². The minimum Gasteiger partial charge on any atom is -0.489 e. The van der Waals surface area contributed by atoms with Crippen molar-refractivity contribution in [3.05, 3.63) is 0 Å². The molecule has 15 heteroatoms. The maximum absolute atomic E-state index is 11.7. The van der Waals surface area contributed by atoms with Crippen LogP contribution in [0.4, 0.5) is 28.8 Å². The molecule has 0 bridgehead atoms. The van der Waals surface area contributed by atoms with Crippen LogP contribution < -0.4 is 0 Å². The molecule has 0 rings (SSSR count). The molecule has 0 aromatic carbocycles. The number of nitrogens with zero attached hydrogens (tertiary/aromatic N) is 1. The maximum atomic E-state index is 11.7. The van der Waals surface area contributed by atoms with Crippen molar-refractivity contribution in [2.75, 3.05) is 26.3 Å². The summed E-state index contributed by atoms with van der Waals surface area (Å²) in [5, 5.41) is 25.2. The van der Waals surface area contributed by atoms with Gasteiger partial charge in [-0.25, -0.2) is 0 Å². The normalized spacial score (nSPS) is 9.28. The summed E-state index contributed by atoms with van der Waals surface area (Å²) in [6, 6.07) is 0. The zero-order valence-electron chi connectivity index (χ0n) is 12.6. The number of carbonyl (C=O) groups is 6. The minimum atomic E-state index is -1.54. The van der Waals surface area contributed by atoms with Crippen LogP contribution >= 0.6 is 0 Å². The topological polar surface area (TPSA) is 185 Å². The Morgan fingerprint density at radius 1 is 0.680 bits per heavy atom. The standard InChI is InChI=1S/C10H11B3NO11/c15-5(11-6(16)17)14(1-3-24-9(22)12-7(18)19)2-4-25-10(23)13-8(20)21/h1-4H2,(H,16,17)(H,18,19)(H,20,21). The van der Waals surface area contributed by atoms with E-state index in [1.807, 2.05) is 0 Å². The molecule has 0 saturated carbocycles. The van der Waals surface area contributed by atoms with E-state index in [9.17, 15) is 28.8 Å². The van der Waals surface area contributed by atoms with Crippen molar-refractivity contribution < 1.29 is 53.6 Å². The van der Waals surface area contributed by atoms with Gasteiger partial charge in [0.1, 0.15) is 13.2 Å². The van der Waals surface area contributed by atoms with Crippen LogP contribution in [-0.4, -0.2) is 104 Å². The first-order valence-electron chi connectivity index (χ1n) is 6.47. The Morgan fingerprint density at radius 3 is 1.36 bits per heavy atom. The van der Waals surface area contributed by atoms with Gasteiger partial charge in [-0.3, -0.25) is 28.8 Å². The summed E-state index contributed by atoms with van der Waals surface area (Å²) in [7, 11) is 0.814. The van der Waals surface area contributed by atoms with Gasteiger partial charge in [-0.2, -0.15) is 0 Å². The molecule has 0 unspecified atom stereocenters. The van der Waals surface area contributed by atoms with Crippen LogP contribution in [0.1, 0.15) is 0 Å². The minimum absolute atomic E-state index is 0.249. The van der Waals surface area contributed by atoms with Gasteiger partial charge in [0.2, 0.25) is 0 Å². The van der Waals surface area contributed by atoms with E-state index in [-0.39, 0.29) is 27.6 Å². The van der Waals surface area contributed by atoms with E-state index in [2.05, 4.69) is 9.47 Å². The fraction of sp³-hybridized carbons (Fsp3) is 0.400. The van der Waals surface area contributed by atoms with Gasteiger partial charge in [-0.05, 0) is 0 Å². The third kappa shape index (κ3) is 12.1. The molecular formula is C10H11B3NO11. The molecule has 12 nitrogen and oxygen atoms in total. The Kier molecular flexibility index (Phi) is 10.2. The lowest BCUT2D eigenvalue weighted by molar-refractivity contribution is 0.136. The number of ether oxygens (including phenoxy) is 2. The van der Waals surface area contributed by atoms with E-state index in [1.165, 1.54) is 0 Å². The van der Waals surface area contributed by atoms with E-state index >= 15 is 0 Å². The molecule has 0 aliphatic heterocycles. The van der Waals surface area contributed by atoms with Gasteiger partial charge >= 0.3 is 21.8 Å². The highest BCUT2D eigenvalue weighted by Gasteiger charge is 2.21. The molecule has 0 atom stereocenters. The first-order valence-corrected chi connectivity index (χ1v) is 6.47. The van der Waals surface area contributed by atoms with Gasteiger partial charge in [0.25, 0.3) is 29.3 Å². The van der Waals surface area contributed by atoms with Crippen molar-refractivity contribution in [2.45, 2.75) is 0 Å². The van der Waals surface area contributed by atoms with E-state index in [4.69, 9.17) is 15.3 Å². The molecule has 3 N–H and O–H groups in total. The fourth-order valence-electron chi connectivity index (χ4n) is 1.33. The Balaban J connectivity index is 4.45. The van der Waals surface area contributed by atoms with Gasteiger partial charge in [0.05, 0.1) is 13.1 Å². The monoisotopic (exact) mass is 354 g/mol. The second-order valence-corrected chi connectivity index (χ2v) is 4.11. The van der Waals surface area contributed by atoms with Gasteiger partial charge in [-0.15, -0.1) is 0 Å². The van der Waals surface area contributed by atoms with Crippen molar-refractivity contribution in [3.8, 4) is 0 Å². The van der Waals surface area contributed by atoms with Crippen molar-refractivity contribution in [2.24, 2.45) is 0 Å². The predicted molar refractivity (Wildman–Crippen MR) is 81.0 cm³/mol. The summed E-state index contributed by atoms with van der Waals surface area (Å²) >= 11 is 0. The van der Waals surface area contributed by atoms with Crippen molar-refractivity contribution in [1.82, 2.24) is 4.90 Å². The molecule has 0 saturated heterocycles.